The van der Waals surface area contributed by atoms with E-state index < -0.39 is 0 Å². The molecule has 1 atom stereocenters. The Hall–Kier alpha value is 0.0600. The average Bonchev–Trinajstić information content (AvgIpc) is 2.77. The molecule has 1 aliphatic heterocycles. The number of nitrogens with one attached hydrogen (secondary N) is 2. The average molecular weight is 332 g/mol. The van der Waals surface area contributed by atoms with E-state index in [0.717, 1.165) is 26.2 Å². The Labute approximate surface area is 122 Å². The van der Waals surface area contributed by atoms with Crippen molar-refractivity contribution in [3.63, 3.8) is 0 Å². The maximum atomic E-state index is 3.55. The number of nitrogens with zero attached hydrogens (tertiary/aromatic N) is 1. The number of piperazine rings is 1. The van der Waals surface area contributed by atoms with Gasteiger partial charge in [0.2, 0.25) is 0 Å². The molecule has 2 rings (SSSR count). The smallest absolute Gasteiger partial charge is 0.0594 e. The zero-order chi connectivity index (χ0) is 13.2. The molecule has 0 radical (unpaired) electrons. The van der Waals surface area contributed by atoms with Gasteiger partial charge in [0, 0.05) is 46.4 Å². The highest BCUT2D eigenvalue weighted by Gasteiger charge is 2.36. The summed E-state index contributed by atoms with van der Waals surface area (Å²) in [5, 5.41) is 9.08. The molecule has 1 aromatic heterocycles. The second-order valence-corrected chi connectivity index (χ2v) is 7.14. The van der Waals surface area contributed by atoms with Crippen molar-refractivity contribution in [2.45, 2.75) is 25.4 Å². The van der Waals surface area contributed by atoms with Crippen molar-refractivity contribution < 1.29 is 0 Å². The van der Waals surface area contributed by atoms with Gasteiger partial charge in [-0.05, 0) is 42.9 Å². The van der Waals surface area contributed by atoms with Crippen LogP contribution in [-0.4, -0.2) is 43.7 Å². The van der Waals surface area contributed by atoms with Crippen molar-refractivity contribution in [2.75, 3.05) is 33.2 Å². The summed E-state index contributed by atoms with van der Waals surface area (Å²) in [5.74, 6) is 0. The van der Waals surface area contributed by atoms with Gasteiger partial charge in [0.1, 0.15) is 0 Å². The molecule has 0 amide bonds. The van der Waals surface area contributed by atoms with Gasteiger partial charge in [0.25, 0.3) is 0 Å². The van der Waals surface area contributed by atoms with E-state index in [1.165, 1.54) is 9.35 Å². The van der Waals surface area contributed by atoms with E-state index in [2.05, 4.69) is 63.8 Å². The molecule has 0 saturated carbocycles. The van der Waals surface area contributed by atoms with E-state index in [1.54, 1.807) is 0 Å². The van der Waals surface area contributed by atoms with Crippen LogP contribution in [0, 0.1) is 0 Å². The van der Waals surface area contributed by atoms with Crippen molar-refractivity contribution in [3.8, 4) is 0 Å². The molecular weight excluding hydrogens is 310 g/mol. The highest BCUT2D eigenvalue weighted by atomic mass is 79.9. The normalized spacial score (nSPS) is 20.0. The summed E-state index contributed by atoms with van der Waals surface area (Å²) in [6, 6.07) is 2.60. The fraction of sp³-hybridized carbons (Fsp3) is 0.692. The Morgan fingerprint density at radius 2 is 2.11 bits per heavy atom. The van der Waals surface area contributed by atoms with E-state index in [9.17, 15) is 0 Å². The molecule has 2 heterocycles. The lowest BCUT2D eigenvalue weighted by Crippen LogP contribution is -2.57. The molecule has 102 valence electrons. The number of likely N-dealkylation sites (N-methyl/N-ethyl adjacent to an activating group) is 1. The summed E-state index contributed by atoms with van der Waals surface area (Å²) in [5.41, 5.74) is 0.126. The molecule has 3 nitrogen and oxygen atoms in total. The first kappa shape index (κ1) is 14.5. The Morgan fingerprint density at radius 3 is 2.61 bits per heavy atom. The van der Waals surface area contributed by atoms with E-state index in [-0.39, 0.29) is 5.54 Å². The minimum absolute atomic E-state index is 0.126. The molecule has 1 saturated heterocycles. The molecule has 18 heavy (non-hydrogen) atoms. The van der Waals surface area contributed by atoms with Crippen molar-refractivity contribution in [1.29, 1.82) is 0 Å². The molecule has 1 aliphatic rings. The van der Waals surface area contributed by atoms with Crippen molar-refractivity contribution in [1.82, 2.24) is 15.5 Å². The van der Waals surface area contributed by atoms with Crippen LogP contribution in [0.5, 0.6) is 0 Å². The van der Waals surface area contributed by atoms with Crippen LogP contribution in [0.1, 0.15) is 24.8 Å². The van der Waals surface area contributed by atoms with Gasteiger partial charge >= 0.3 is 0 Å². The van der Waals surface area contributed by atoms with Gasteiger partial charge < -0.3 is 10.6 Å². The molecule has 0 bridgehead atoms. The Morgan fingerprint density at radius 1 is 1.44 bits per heavy atom. The SMILES string of the molecule is CNC(c1cc(Br)cs1)C(C)(C)N1CCNCC1. The summed E-state index contributed by atoms with van der Waals surface area (Å²) in [6.07, 6.45) is 0. The van der Waals surface area contributed by atoms with E-state index >= 15 is 0 Å². The first-order valence-electron chi connectivity index (χ1n) is 6.42. The van der Waals surface area contributed by atoms with Gasteiger partial charge in [-0.15, -0.1) is 11.3 Å². The minimum atomic E-state index is 0.126. The quantitative estimate of drug-likeness (QED) is 0.887. The number of rotatable bonds is 4. The summed E-state index contributed by atoms with van der Waals surface area (Å²) in [6.45, 7) is 9.11. The van der Waals surface area contributed by atoms with Gasteiger partial charge in [0.05, 0.1) is 6.04 Å². The van der Waals surface area contributed by atoms with Crippen LogP contribution in [0.25, 0.3) is 0 Å². The number of hydrogen-bond acceptors (Lipinski definition) is 4. The summed E-state index contributed by atoms with van der Waals surface area (Å²) in [4.78, 5) is 3.98. The van der Waals surface area contributed by atoms with Crippen molar-refractivity contribution in [2.24, 2.45) is 0 Å². The first-order chi connectivity index (χ1) is 8.55. The minimum Gasteiger partial charge on any atom is -0.314 e. The van der Waals surface area contributed by atoms with E-state index in [4.69, 9.17) is 0 Å². The fourth-order valence-corrected chi connectivity index (χ4v) is 4.48. The standard InChI is InChI=1S/C13H22BrN3S/c1-13(2,17-6-4-16-5-7-17)12(15-3)11-8-10(14)9-18-11/h8-9,12,15-16H,4-7H2,1-3H3. The van der Waals surface area contributed by atoms with E-state index in [1.807, 2.05) is 11.3 Å². The Bertz CT molecular complexity index is 385. The van der Waals surface area contributed by atoms with Gasteiger partial charge in [-0.3, -0.25) is 4.90 Å². The lowest BCUT2D eigenvalue weighted by Gasteiger charge is -2.45. The van der Waals surface area contributed by atoms with Gasteiger partial charge in [-0.25, -0.2) is 0 Å². The largest absolute Gasteiger partial charge is 0.314 e. The summed E-state index contributed by atoms with van der Waals surface area (Å²) < 4.78 is 1.18. The fourth-order valence-electron chi connectivity index (χ4n) is 2.75. The maximum Gasteiger partial charge on any atom is 0.0594 e. The van der Waals surface area contributed by atoms with Crippen LogP contribution in [0.3, 0.4) is 0 Å². The van der Waals surface area contributed by atoms with Crippen LogP contribution in [0.2, 0.25) is 0 Å². The third-order valence-electron chi connectivity index (χ3n) is 3.80. The lowest BCUT2D eigenvalue weighted by atomic mass is 9.90. The molecule has 2 N–H and O–H groups in total. The van der Waals surface area contributed by atoms with Crippen LogP contribution in [-0.2, 0) is 0 Å². The zero-order valence-corrected chi connectivity index (χ0v) is 13.7. The molecule has 1 fully saturated rings. The first-order valence-corrected chi connectivity index (χ1v) is 8.10. The third-order valence-corrected chi connectivity index (χ3v) is 5.56. The second kappa shape index (κ2) is 6.01. The monoisotopic (exact) mass is 331 g/mol. The zero-order valence-electron chi connectivity index (χ0n) is 11.3. The highest BCUT2D eigenvalue weighted by molar-refractivity contribution is 9.10. The number of halogens is 1. The topological polar surface area (TPSA) is 27.3 Å². The lowest BCUT2D eigenvalue weighted by molar-refractivity contribution is 0.0710. The highest BCUT2D eigenvalue weighted by Crippen LogP contribution is 2.35. The second-order valence-electron chi connectivity index (χ2n) is 5.28. The molecule has 0 aliphatic carbocycles. The van der Waals surface area contributed by atoms with Gasteiger partial charge in [0.15, 0.2) is 0 Å². The number of hydrogen-bond donors (Lipinski definition) is 2. The van der Waals surface area contributed by atoms with Gasteiger partial charge in [-0.2, -0.15) is 0 Å². The van der Waals surface area contributed by atoms with Crippen molar-refractivity contribution in [3.05, 3.63) is 20.8 Å². The van der Waals surface area contributed by atoms with Crippen LogP contribution in [0.4, 0.5) is 0 Å². The third kappa shape index (κ3) is 2.96. The molecule has 1 unspecified atom stereocenters. The molecule has 1 aromatic rings. The predicted molar refractivity (Wildman–Crippen MR) is 82.3 cm³/mol. The predicted octanol–water partition coefficient (Wildman–Crippen LogP) is 2.45. The molecule has 0 spiro atoms. The van der Waals surface area contributed by atoms with Crippen molar-refractivity contribution >= 4 is 27.3 Å². The Balaban J connectivity index is 2.19. The van der Waals surface area contributed by atoms with Crippen LogP contribution < -0.4 is 10.6 Å². The van der Waals surface area contributed by atoms with Crippen LogP contribution >= 0.6 is 27.3 Å². The molecular formula is C13H22BrN3S. The number of thiophene rings is 1. The maximum absolute atomic E-state index is 3.55. The summed E-state index contributed by atoms with van der Waals surface area (Å²) in [7, 11) is 2.06. The molecule has 5 heteroatoms. The van der Waals surface area contributed by atoms with Gasteiger partial charge in [-0.1, -0.05) is 0 Å². The van der Waals surface area contributed by atoms with Crippen LogP contribution in [0.15, 0.2) is 15.9 Å². The summed E-state index contributed by atoms with van der Waals surface area (Å²) >= 11 is 5.37. The molecule has 0 aromatic carbocycles. The Kier molecular flexibility index (Phi) is 4.83. The van der Waals surface area contributed by atoms with E-state index in [0.29, 0.717) is 6.04 Å².